The molecule has 1 aromatic carbocycles. The van der Waals surface area contributed by atoms with Gasteiger partial charge < -0.3 is 10.1 Å². The number of halogens is 1. The first kappa shape index (κ1) is 10.8. The van der Waals surface area contributed by atoms with Crippen LogP contribution in [0.2, 0.25) is 0 Å². The Morgan fingerprint density at radius 3 is 2.71 bits per heavy atom. The number of benzene rings is 1. The van der Waals surface area contributed by atoms with Crippen molar-refractivity contribution in [3.8, 4) is 11.4 Å². The zero-order valence-electron chi connectivity index (χ0n) is 9.40. The third-order valence-electron chi connectivity index (χ3n) is 2.92. The second-order valence-corrected chi connectivity index (χ2v) is 4.68. The first-order chi connectivity index (χ1) is 8.29. The molecule has 0 radical (unpaired) electrons. The van der Waals surface area contributed by atoms with Crippen LogP contribution in [0.5, 0.6) is 5.75 Å². The van der Waals surface area contributed by atoms with Gasteiger partial charge in [-0.2, -0.15) is 5.10 Å². The number of nitrogens with zero attached hydrogens (tertiary/aromatic N) is 2. The zero-order chi connectivity index (χ0) is 11.8. The van der Waals surface area contributed by atoms with Gasteiger partial charge in [0.05, 0.1) is 18.5 Å². The van der Waals surface area contributed by atoms with Gasteiger partial charge in [0.2, 0.25) is 0 Å². The summed E-state index contributed by atoms with van der Waals surface area (Å²) in [7, 11) is 1.67. The number of rotatable bonds is 2. The van der Waals surface area contributed by atoms with Crippen LogP contribution in [0.4, 0.5) is 0 Å². The van der Waals surface area contributed by atoms with Crippen molar-refractivity contribution in [2.45, 2.75) is 13.1 Å². The Labute approximate surface area is 108 Å². The third kappa shape index (κ3) is 1.75. The summed E-state index contributed by atoms with van der Waals surface area (Å²) in [6, 6.07) is 7.87. The molecule has 2 aromatic rings. The van der Waals surface area contributed by atoms with Gasteiger partial charge in [-0.3, -0.25) is 0 Å². The molecule has 1 aliphatic heterocycles. The molecule has 1 aliphatic rings. The predicted molar refractivity (Wildman–Crippen MR) is 68.4 cm³/mol. The molecular weight excluding hydrogens is 282 g/mol. The Morgan fingerprint density at radius 1 is 1.29 bits per heavy atom. The van der Waals surface area contributed by atoms with Gasteiger partial charge in [0.1, 0.15) is 10.4 Å². The summed E-state index contributed by atoms with van der Waals surface area (Å²) in [5, 5.41) is 7.86. The molecule has 5 heteroatoms. The fourth-order valence-electron chi connectivity index (χ4n) is 1.99. The molecule has 3 rings (SSSR count). The molecule has 0 saturated carbocycles. The molecule has 1 aromatic heterocycles. The van der Waals surface area contributed by atoms with E-state index in [0.29, 0.717) is 0 Å². The fourth-order valence-corrected chi connectivity index (χ4v) is 2.64. The fraction of sp³-hybridized carbons (Fsp3) is 0.250. The van der Waals surface area contributed by atoms with E-state index in [1.54, 1.807) is 7.11 Å². The average molecular weight is 294 g/mol. The highest BCUT2D eigenvalue weighted by molar-refractivity contribution is 9.10. The number of hydrogen-bond donors (Lipinski definition) is 1. The van der Waals surface area contributed by atoms with Crippen LogP contribution in [0.15, 0.2) is 28.9 Å². The zero-order valence-corrected chi connectivity index (χ0v) is 11.0. The summed E-state index contributed by atoms with van der Waals surface area (Å²) >= 11 is 3.60. The van der Waals surface area contributed by atoms with Crippen molar-refractivity contribution in [2.75, 3.05) is 7.11 Å². The van der Waals surface area contributed by atoms with Gasteiger partial charge in [-0.15, -0.1) is 0 Å². The molecule has 0 unspecified atom stereocenters. The summed E-state index contributed by atoms with van der Waals surface area (Å²) < 4.78 is 8.10. The molecule has 0 aliphatic carbocycles. The minimum Gasteiger partial charge on any atom is -0.497 e. The summed E-state index contributed by atoms with van der Waals surface area (Å²) in [5.41, 5.74) is 3.40. The van der Waals surface area contributed by atoms with Crippen molar-refractivity contribution in [1.82, 2.24) is 15.1 Å². The number of hydrogen-bond acceptors (Lipinski definition) is 3. The highest BCUT2D eigenvalue weighted by atomic mass is 79.9. The minimum absolute atomic E-state index is 0.844. The Hall–Kier alpha value is -1.33. The van der Waals surface area contributed by atoms with E-state index in [0.717, 1.165) is 34.8 Å². The lowest BCUT2D eigenvalue weighted by Gasteiger charge is -2.06. The molecule has 0 amide bonds. The van der Waals surface area contributed by atoms with Crippen LogP contribution in [-0.2, 0) is 13.1 Å². The van der Waals surface area contributed by atoms with Gasteiger partial charge in [-0.1, -0.05) is 0 Å². The molecule has 88 valence electrons. The second kappa shape index (κ2) is 4.16. The van der Waals surface area contributed by atoms with Crippen LogP contribution >= 0.6 is 15.9 Å². The predicted octanol–water partition coefficient (Wildman–Crippen LogP) is 2.25. The van der Waals surface area contributed by atoms with Crippen molar-refractivity contribution in [2.24, 2.45) is 0 Å². The van der Waals surface area contributed by atoms with Crippen LogP contribution in [0.3, 0.4) is 0 Å². The van der Waals surface area contributed by atoms with E-state index < -0.39 is 0 Å². The summed E-state index contributed by atoms with van der Waals surface area (Å²) in [6.45, 7) is 1.73. The normalized spacial score (nSPS) is 13.8. The Bertz CT molecular complexity index is 548. The first-order valence-electron chi connectivity index (χ1n) is 5.41. The van der Waals surface area contributed by atoms with E-state index in [-0.39, 0.29) is 0 Å². The maximum Gasteiger partial charge on any atom is 0.119 e. The minimum atomic E-state index is 0.844. The quantitative estimate of drug-likeness (QED) is 0.923. The van der Waals surface area contributed by atoms with Crippen LogP contribution in [-0.4, -0.2) is 16.9 Å². The molecule has 17 heavy (non-hydrogen) atoms. The van der Waals surface area contributed by atoms with Crippen LogP contribution in [0, 0.1) is 0 Å². The number of ether oxygens (including phenoxy) is 1. The third-order valence-corrected chi connectivity index (χ3v) is 3.73. The van der Waals surface area contributed by atoms with E-state index >= 15 is 0 Å². The number of fused-ring (bicyclic) bond motifs is 1. The molecule has 0 atom stereocenters. The highest BCUT2D eigenvalue weighted by Gasteiger charge is 2.20. The highest BCUT2D eigenvalue weighted by Crippen LogP contribution is 2.27. The Balaban J connectivity index is 2.03. The van der Waals surface area contributed by atoms with Crippen molar-refractivity contribution in [3.63, 3.8) is 0 Å². The van der Waals surface area contributed by atoms with E-state index in [1.165, 1.54) is 5.56 Å². The summed E-state index contributed by atoms with van der Waals surface area (Å²) in [4.78, 5) is 0. The van der Waals surface area contributed by atoms with Gasteiger partial charge in [-0.05, 0) is 40.2 Å². The smallest absolute Gasteiger partial charge is 0.119 e. The Morgan fingerprint density at radius 2 is 2.06 bits per heavy atom. The maximum absolute atomic E-state index is 5.15. The number of aromatic nitrogens is 2. The standard InChI is InChI=1S/C12H12BrN3O/c1-17-9-4-2-8(3-5-9)16-12(13)10-6-14-7-11(10)15-16/h2-5,14H,6-7H2,1H3. The monoisotopic (exact) mass is 293 g/mol. The van der Waals surface area contributed by atoms with Gasteiger partial charge in [0.15, 0.2) is 0 Å². The molecule has 0 bridgehead atoms. The van der Waals surface area contributed by atoms with Crippen LogP contribution < -0.4 is 10.1 Å². The average Bonchev–Trinajstić information content (AvgIpc) is 2.93. The van der Waals surface area contributed by atoms with E-state index in [2.05, 4.69) is 26.3 Å². The van der Waals surface area contributed by atoms with Crippen molar-refractivity contribution in [1.29, 1.82) is 0 Å². The van der Waals surface area contributed by atoms with Crippen LogP contribution in [0.25, 0.3) is 5.69 Å². The topological polar surface area (TPSA) is 39.1 Å². The van der Waals surface area contributed by atoms with Gasteiger partial charge >= 0.3 is 0 Å². The maximum atomic E-state index is 5.15. The largest absolute Gasteiger partial charge is 0.497 e. The number of methoxy groups -OCH3 is 1. The van der Waals surface area contributed by atoms with Crippen molar-refractivity contribution in [3.05, 3.63) is 40.1 Å². The molecule has 0 fully saturated rings. The molecule has 1 N–H and O–H groups in total. The molecule has 0 spiro atoms. The van der Waals surface area contributed by atoms with Gasteiger partial charge in [0.25, 0.3) is 0 Å². The summed E-state index contributed by atoms with van der Waals surface area (Å²) in [6.07, 6.45) is 0. The molecular formula is C12H12BrN3O. The van der Waals surface area contributed by atoms with Crippen molar-refractivity contribution < 1.29 is 4.74 Å². The van der Waals surface area contributed by atoms with E-state index in [1.807, 2.05) is 28.9 Å². The van der Waals surface area contributed by atoms with Gasteiger partial charge in [-0.25, -0.2) is 4.68 Å². The number of nitrogens with one attached hydrogen (secondary N) is 1. The SMILES string of the molecule is COc1ccc(-n2nc3c(c2Br)CNC3)cc1. The van der Waals surface area contributed by atoms with E-state index in [9.17, 15) is 0 Å². The lowest BCUT2D eigenvalue weighted by Crippen LogP contribution is -2.06. The van der Waals surface area contributed by atoms with Crippen LogP contribution in [0.1, 0.15) is 11.3 Å². The second-order valence-electron chi connectivity index (χ2n) is 3.93. The molecule has 4 nitrogen and oxygen atoms in total. The van der Waals surface area contributed by atoms with Crippen molar-refractivity contribution >= 4 is 15.9 Å². The molecule has 0 saturated heterocycles. The first-order valence-corrected chi connectivity index (χ1v) is 6.20. The lowest BCUT2D eigenvalue weighted by atomic mass is 10.3. The lowest BCUT2D eigenvalue weighted by molar-refractivity contribution is 0.414. The Kier molecular flexibility index (Phi) is 2.64. The summed E-state index contributed by atoms with van der Waals surface area (Å²) in [5.74, 6) is 0.853. The van der Waals surface area contributed by atoms with E-state index in [4.69, 9.17) is 4.74 Å². The molecule has 2 heterocycles. The van der Waals surface area contributed by atoms with Gasteiger partial charge in [0, 0.05) is 18.7 Å².